The zero-order chi connectivity index (χ0) is 16.7. The van der Waals surface area contributed by atoms with E-state index < -0.39 is 11.8 Å². The Bertz CT molecular complexity index is 343. The van der Waals surface area contributed by atoms with Gasteiger partial charge in [0.25, 0.3) is 0 Å². The van der Waals surface area contributed by atoms with Crippen molar-refractivity contribution in [2.24, 2.45) is 5.92 Å². The van der Waals surface area contributed by atoms with Crippen molar-refractivity contribution in [2.45, 2.75) is 64.1 Å². The summed E-state index contributed by atoms with van der Waals surface area (Å²) in [4.78, 5) is 10.2. The number of methoxy groups -OCH3 is 1. The highest BCUT2D eigenvalue weighted by Gasteiger charge is 2.50. The number of hydrogen-bond donors (Lipinski definition) is 1. The summed E-state index contributed by atoms with van der Waals surface area (Å²) in [6, 6.07) is 0. The van der Waals surface area contributed by atoms with Crippen molar-refractivity contribution >= 4 is 5.97 Å². The van der Waals surface area contributed by atoms with E-state index in [0.717, 1.165) is 39.0 Å². The van der Waals surface area contributed by atoms with Crippen LogP contribution in [0.25, 0.3) is 0 Å². The van der Waals surface area contributed by atoms with Gasteiger partial charge in [-0.2, -0.15) is 13.2 Å². The first-order chi connectivity index (χ1) is 9.51. The van der Waals surface area contributed by atoms with Gasteiger partial charge in [0.2, 0.25) is 0 Å². The van der Waals surface area contributed by atoms with E-state index in [1.807, 2.05) is 0 Å². The summed E-state index contributed by atoms with van der Waals surface area (Å²) in [6.07, 6.45) is 0.126. The monoisotopic (exact) mass is 310 g/mol. The third kappa shape index (κ3) is 7.50. The fourth-order valence-electron chi connectivity index (χ4n) is 2.24. The smallest absolute Gasteiger partial charge is 0.416 e. The number of hydrogen-bond acceptors (Lipinski definition) is 3. The molecular weight excluding hydrogens is 285 g/mol. The molecule has 0 aromatic carbocycles. The van der Waals surface area contributed by atoms with E-state index in [4.69, 9.17) is 0 Å². The van der Waals surface area contributed by atoms with Crippen LogP contribution < -0.4 is 0 Å². The normalized spacial score (nSPS) is 19.0. The number of esters is 1. The minimum Gasteiger partial charge on any atom is -0.466 e. The molecule has 1 unspecified atom stereocenters. The lowest BCUT2D eigenvalue weighted by molar-refractivity contribution is -0.259. The number of alkyl halides is 3. The molecular formula is C15H25F3O3. The molecule has 1 N–H and O–H groups in total. The van der Waals surface area contributed by atoms with Gasteiger partial charge in [-0.3, -0.25) is 0 Å². The predicted molar refractivity (Wildman–Crippen MR) is 74.7 cm³/mol. The van der Waals surface area contributed by atoms with Gasteiger partial charge in [-0.05, 0) is 26.2 Å². The molecule has 0 heterocycles. The number of carbonyl (C=O) groups is 1. The molecule has 1 rings (SSSR count). The molecule has 0 saturated heterocycles. The van der Waals surface area contributed by atoms with E-state index >= 15 is 0 Å². The first-order valence-electron chi connectivity index (χ1n) is 7.04. The van der Waals surface area contributed by atoms with E-state index in [-0.39, 0.29) is 18.3 Å². The molecule has 0 aromatic heterocycles. The Morgan fingerprint density at radius 1 is 1.29 bits per heavy atom. The molecule has 0 aromatic rings. The third-order valence-electron chi connectivity index (χ3n) is 3.56. The van der Waals surface area contributed by atoms with Crippen LogP contribution in [0.15, 0.2) is 12.2 Å². The molecule has 0 bridgehead atoms. The lowest BCUT2D eigenvalue weighted by Gasteiger charge is -2.32. The Balaban J connectivity index is 0.000000486. The standard InChI is InChI=1S/C10H17F3O.C5H8O2/c1-9(14,10(11,12)13)7-8-5-3-2-4-6-8;1-4(2)5(6)7-3/h8,14H,2-7H2,1H3;1H2,2-3H3. The van der Waals surface area contributed by atoms with Crippen LogP contribution in [0, 0.1) is 5.92 Å². The van der Waals surface area contributed by atoms with Crippen molar-refractivity contribution in [1.82, 2.24) is 0 Å². The third-order valence-corrected chi connectivity index (χ3v) is 3.56. The molecule has 124 valence electrons. The second-order valence-corrected chi connectivity index (χ2v) is 5.75. The predicted octanol–water partition coefficient (Wildman–Crippen LogP) is 4.01. The largest absolute Gasteiger partial charge is 0.466 e. The summed E-state index contributed by atoms with van der Waals surface area (Å²) in [6.45, 7) is 5.83. The number of ether oxygens (including phenoxy) is 1. The van der Waals surface area contributed by atoms with Crippen molar-refractivity contribution < 1.29 is 27.8 Å². The Kier molecular flexibility index (Phi) is 8.00. The van der Waals surface area contributed by atoms with Crippen molar-refractivity contribution in [1.29, 1.82) is 0 Å². The molecule has 1 aliphatic carbocycles. The van der Waals surface area contributed by atoms with E-state index in [1.54, 1.807) is 6.92 Å². The van der Waals surface area contributed by atoms with Gasteiger partial charge >= 0.3 is 12.1 Å². The van der Waals surface area contributed by atoms with Crippen LogP contribution >= 0.6 is 0 Å². The molecule has 21 heavy (non-hydrogen) atoms. The van der Waals surface area contributed by atoms with Crippen LogP contribution in [0.4, 0.5) is 13.2 Å². The quantitative estimate of drug-likeness (QED) is 0.633. The fourth-order valence-corrected chi connectivity index (χ4v) is 2.24. The highest BCUT2D eigenvalue weighted by molar-refractivity contribution is 5.86. The summed E-state index contributed by atoms with van der Waals surface area (Å²) in [5.41, 5.74) is -2.07. The zero-order valence-corrected chi connectivity index (χ0v) is 12.9. The van der Waals surface area contributed by atoms with Gasteiger partial charge in [0.15, 0.2) is 5.60 Å². The molecule has 0 amide bonds. The summed E-state index contributed by atoms with van der Waals surface area (Å²) in [5, 5.41) is 9.28. The number of halogens is 3. The minimum atomic E-state index is -4.50. The highest BCUT2D eigenvalue weighted by Crippen LogP contribution is 2.38. The van der Waals surface area contributed by atoms with Gasteiger partial charge in [-0.25, -0.2) is 4.79 Å². The first-order valence-corrected chi connectivity index (χ1v) is 7.04. The Morgan fingerprint density at radius 2 is 1.76 bits per heavy atom. The van der Waals surface area contributed by atoms with Crippen molar-refractivity contribution in [3.8, 4) is 0 Å². The molecule has 3 nitrogen and oxygen atoms in total. The van der Waals surface area contributed by atoms with Gasteiger partial charge in [-0.1, -0.05) is 38.7 Å². The molecule has 1 aliphatic rings. The van der Waals surface area contributed by atoms with Gasteiger partial charge in [0.1, 0.15) is 0 Å². The summed E-state index contributed by atoms with van der Waals surface area (Å²) in [5.74, 6) is -0.305. The average Bonchev–Trinajstić information content (AvgIpc) is 2.37. The summed E-state index contributed by atoms with van der Waals surface area (Å²) >= 11 is 0. The van der Waals surface area contributed by atoms with Crippen LogP contribution in [0.1, 0.15) is 52.4 Å². The van der Waals surface area contributed by atoms with Gasteiger partial charge < -0.3 is 9.84 Å². The molecule has 1 saturated carbocycles. The SMILES string of the molecule is C=C(C)C(=O)OC.CC(O)(CC1CCCCC1)C(F)(F)F. The minimum absolute atomic E-state index is 0.0420. The second kappa shape index (κ2) is 8.41. The molecule has 1 atom stereocenters. The zero-order valence-electron chi connectivity index (χ0n) is 12.9. The van der Waals surface area contributed by atoms with Crippen molar-refractivity contribution in [3.05, 3.63) is 12.2 Å². The molecule has 1 fully saturated rings. The summed E-state index contributed by atoms with van der Waals surface area (Å²) in [7, 11) is 1.33. The number of rotatable bonds is 3. The lowest BCUT2D eigenvalue weighted by Crippen LogP contribution is -2.43. The van der Waals surface area contributed by atoms with E-state index in [1.165, 1.54) is 7.11 Å². The van der Waals surface area contributed by atoms with E-state index in [2.05, 4.69) is 11.3 Å². The van der Waals surface area contributed by atoms with Crippen molar-refractivity contribution in [3.63, 3.8) is 0 Å². The van der Waals surface area contributed by atoms with Crippen LogP contribution in [0.3, 0.4) is 0 Å². The first kappa shape index (κ1) is 20.0. The molecule has 0 aliphatic heterocycles. The Morgan fingerprint density at radius 3 is 2.05 bits per heavy atom. The van der Waals surface area contributed by atoms with Crippen LogP contribution in [0.2, 0.25) is 0 Å². The maximum absolute atomic E-state index is 12.3. The van der Waals surface area contributed by atoms with E-state index in [9.17, 15) is 23.1 Å². The summed E-state index contributed by atoms with van der Waals surface area (Å²) < 4.78 is 41.3. The average molecular weight is 310 g/mol. The van der Waals surface area contributed by atoms with Crippen molar-refractivity contribution in [2.75, 3.05) is 7.11 Å². The maximum atomic E-state index is 12.3. The maximum Gasteiger partial charge on any atom is 0.416 e. The molecule has 6 heteroatoms. The topological polar surface area (TPSA) is 46.5 Å². The van der Waals surface area contributed by atoms with Crippen LogP contribution in [0.5, 0.6) is 0 Å². The lowest BCUT2D eigenvalue weighted by atomic mass is 9.81. The Labute approximate surface area is 124 Å². The second-order valence-electron chi connectivity index (χ2n) is 5.75. The van der Waals surface area contributed by atoms with E-state index in [0.29, 0.717) is 5.57 Å². The fraction of sp³-hybridized carbons (Fsp3) is 0.800. The van der Waals surface area contributed by atoms with Gasteiger partial charge in [-0.15, -0.1) is 0 Å². The number of carbonyl (C=O) groups excluding carboxylic acids is 1. The highest BCUT2D eigenvalue weighted by atomic mass is 19.4. The van der Waals surface area contributed by atoms with Gasteiger partial charge in [0, 0.05) is 5.57 Å². The molecule has 0 spiro atoms. The Hall–Kier alpha value is -1.04. The molecule has 0 radical (unpaired) electrons. The van der Waals surface area contributed by atoms with Crippen LogP contribution in [-0.2, 0) is 9.53 Å². The van der Waals surface area contributed by atoms with Gasteiger partial charge in [0.05, 0.1) is 7.11 Å². The number of aliphatic hydroxyl groups is 1. The van der Waals surface area contributed by atoms with Crippen LogP contribution in [-0.4, -0.2) is 30.0 Å².